The Balaban J connectivity index is 2.44. The number of carboxylic acid groups (broad SMARTS) is 1. The largest absolute Gasteiger partial charge is 0.497 e. The number of ether oxygens (including phenoxy) is 1. The molecule has 2 aromatic rings. The zero-order chi connectivity index (χ0) is 12.4. The third-order valence-corrected chi connectivity index (χ3v) is 3.03. The summed E-state index contributed by atoms with van der Waals surface area (Å²) in [5.74, 6) is -0.421. The van der Waals surface area contributed by atoms with Crippen molar-refractivity contribution in [3.8, 4) is 16.3 Å². The molecule has 0 radical (unpaired) electrons. The predicted octanol–water partition coefficient (Wildman–Crippen LogP) is 2.10. The fraction of sp³-hybridized carbons (Fsp3) is 0.0909. The number of methoxy groups -OCH3 is 1. The summed E-state index contributed by atoms with van der Waals surface area (Å²) in [5, 5.41) is 10.9. The molecule has 0 unspecified atom stereocenters. The number of thiazole rings is 1. The Labute approximate surface area is 101 Å². The van der Waals surface area contributed by atoms with E-state index < -0.39 is 5.97 Å². The lowest BCUT2D eigenvalue weighted by atomic mass is 10.2. The van der Waals surface area contributed by atoms with Crippen LogP contribution in [-0.4, -0.2) is 23.2 Å². The van der Waals surface area contributed by atoms with Gasteiger partial charge in [0.05, 0.1) is 7.11 Å². The van der Waals surface area contributed by atoms with Gasteiger partial charge in [0, 0.05) is 22.7 Å². The van der Waals surface area contributed by atoms with E-state index in [0.29, 0.717) is 16.4 Å². The van der Waals surface area contributed by atoms with Gasteiger partial charge in [0.1, 0.15) is 10.8 Å². The molecule has 3 N–H and O–H groups in total. The van der Waals surface area contributed by atoms with E-state index in [-0.39, 0.29) is 5.69 Å². The summed E-state index contributed by atoms with van der Waals surface area (Å²) in [6.45, 7) is 0. The topological polar surface area (TPSA) is 85.4 Å². The molecule has 6 heteroatoms. The summed E-state index contributed by atoms with van der Waals surface area (Å²) in [6, 6.07) is 5.18. The standard InChI is InChI=1S/C11H10N2O3S/c1-16-8-3-6(2-7(12)4-8)10-13-9(5-17-10)11(14)15/h2-5H,12H2,1H3,(H,14,15). The first-order chi connectivity index (χ1) is 8.10. The Morgan fingerprint density at radius 3 is 2.82 bits per heavy atom. The van der Waals surface area contributed by atoms with Crippen LogP contribution in [0, 0.1) is 0 Å². The minimum atomic E-state index is -1.04. The molecule has 0 atom stereocenters. The maximum atomic E-state index is 10.7. The van der Waals surface area contributed by atoms with Crippen molar-refractivity contribution in [3.63, 3.8) is 0 Å². The van der Waals surface area contributed by atoms with Gasteiger partial charge in [-0.1, -0.05) is 0 Å². The second-order valence-electron chi connectivity index (χ2n) is 3.34. The van der Waals surface area contributed by atoms with E-state index >= 15 is 0 Å². The van der Waals surface area contributed by atoms with Crippen LogP contribution in [0.3, 0.4) is 0 Å². The number of rotatable bonds is 3. The van der Waals surface area contributed by atoms with Gasteiger partial charge in [0.2, 0.25) is 0 Å². The first-order valence-electron chi connectivity index (χ1n) is 4.74. The normalized spacial score (nSPS) is 10.2. The van der Waals surface area contributed by atoms with Crippen LogP contribution >= 0.6 is 11.3 Å². The monoisotopic (exact) mass is 250 g/mol. The average molecular weight is 250 g/mol. The second kappa shape index (κ2) is 4.42. The number of carbonyl (C=O) groups is 1. The van der Waals surface area contributed by atoms with Crippen LogP contribution in [0.15, 0.2) is 23.6 Å². The highest BCUT2D eigenvalue weighted by Gasteiger charge is 2.11. The fourth-order valence-corrected chi connectivity index (χ4v) is 2.15. The zero-order valence-electron chi connectivity index (χ0n) is 9.01. The smallest absolute Gasteiger partial charge is 0.355 e. The van der Waals surface area contributed by atoms with Gasteiger partial charge in [-0.25, -0.2) is 9.78 Å². The van der Waals surface area contributed by atoms with E-state index in [0.717, 1.165) is 5.56 Å². The van der Waals surface area contributed by atoms with Crippen molar-refractivity contribution in [2.75, 3.05) is 12.8 Å². The van der Waals surface area contributed by atoms with Gasteiger partial charge in [0.25, 0.3) is 0 Å². The Kier molecular flexibility index (Phi) is 2.97. The van der Waals surface area contributed by atoms with E-state index in [1.54, 1.807) is 25.3 Å². The lowest BCUT2D eigenvalue weighted by Crippen LogP contribution is -1.96. The summed E-state index contributed by atoms with van der Waals surface area (Å²) in [7, 11) is 1.54. The quantitative estimate of drug-likeness (QED) is 0.815. The van der Waals surface area contributed by atoms with Gasteiger partial charge >= 0.3 is 5.97 Å². The first-order valence-corrected chi connectivity index (χ1v) is 5.62. The van der Waals surface area contributed by atoms with Crippen molar-refractivity contribution in [1.82, 2.24) is 4.98 Å². The van der Waals surface area contributed by atoms with E-state index in [4.69, 9.17) is 15.6 Å². The average Bonchev–Trinajstić information content (AvgIpc) is 2.77. The highest BCUT2D eigenvalue weighted by Crippen LogP contribution is 2.29. The van der Waals surface area contributed by atoms with Gasteiger partial charge in [-0.2, -0.15) is 0 Å². The molecule has 0 fully saturated rings. The number of hydrogen-bond acceptors (Lipinski definition) is 5. The van der Waals surface area contributed by atoms with Crippen molar-refractivity contribution < 1.29 is 14.6 Å². The molecule has 88 valence electrons. The summed E-state index contributed by atoms with van der Waals surface area (Å²) >= 11 is 1.26. The van der Waals surface area contributed by atoms with E-state index in [2.05, 4.69) is 4.98 Å². The summed E-state index contributed by atoms with van der Waals surface area (Å²) in [4.78, 5) is 14.7. The molecule has 0 saturated heterocycles. The first kappa shape index (κ1) is 11.4. The van der Waals surface area contributed by atoms with Crippen LogP contribution < -0.4 is 10.5 Å². The number of aromatic nitrogens is 1. The third kappa shape index (κ3) is 2.36. The molecule has 0 bridgehead atoms. The fourth-order valence-electron chi connectivity index (χ4n) is 1.37. The van der Waals surface area contributed by atoms with Gasteiger partial charge in [-0.15, -0.1) is 11.3 Å². The Hall–Kier alpha value is -2.08. The SMILES string of the molecule is COc1cc(N)cc(-c2nc(C(=O)O)cs2)c1. The molecule has 5 nitrogen and oxygen atoms in total. The molecule has 2 rings (SSSR count). The number of nitrogen functional groups attached to an aromatic ring is 1. The van der Waals surface area contributed by atoms with Gasteiger partial charge in [-0.3, -0.25) is 0 Å². The Morgan fingerprint density at radius 1 is 1.47 bits per heavy atom. The molecule has 0 amide bonds. The summed E-state index contributed by atoms with van der Waals surface area (Å²) in [6.07, 6.45) is 0. The lowest BCUT2D eigenvalue weighted by molar-refractivity contribution is 0.0691. The number of benzene rings is 1. The highest BCUT2D eigenvalue weighted by molar-refractivity contribution is 7.13. The van der Waals surface area contributed by atoms with E-state index in [9.17, 15) is 4.79 Å². The van der Waals surface area contributed by atoms with Crippen LogP contribution in [0.5, 0.6) is 5.75 Å². The molecule has 1 aromatic carbocycles. The van der Waals surface area contributed by atoms with E-state index in [1.807, 2.05) is 0 Å². The minimum absolute atomic E-state index is 0.0337. The van der Waals surface area contributed by atoms with E-state index in [1.165, 1.54) is 16.7 Å². The molecular formula is C11H10N2O3S. The van der Waals surface area contributed by atoms with Crippen LogP contribution in [0.4, 0.5) is 5.69 Å². The lowest BCUT2D eigenvalue weighted by Gasteiger charge is -2.04. The third-order valence-electron chi connectivity index (χ3n) is 2.13. The molecule has 1 heterocycles. The van der Waals surface area contributed by atoms with Crippen molar-refractivity contribution >= 4 is 23.0 Å². The van der Waals surface area contributed by atoms with Gasteiger partial charge in [0.15, 0.2) is 5.69 Å². The number of nitrogens with zero attached hydrogens (tertiary/aromatic N) is 1. The van der Waals surface area contributed by atoms with Crippen LogP contribution in [0.1, 0.15) is 10.5 Å². The number of anilines is 1. The summed E-state index contributed by atoms with van der Waals surface area (Å²) < 4.78 is 5.09. The Morgan fingerprint density at radius 2 is 2.24 bits per heavy atom. The molecule has 0 aliphatic heterocycles. The highest BCUT2D eigenvalue weighted by atomic mass is 32.1. The Bertz CT molecular complexity index is 566. The van der Waals surface area contributed by atoms with Gasteiger partial charge < -0.3 is 15.6 Å². The van der Waals surface area contributed by atoms with Crippen LogP contribution in [0.25, 0.3) is 10.6 Å². The molecule has 1 aromatic heterocycles. The number of nitrogens with two attached hydrogens (primary N) is 1. The molecule has 0 spiro atoms. The van der Waals surface area contributed by atoms with Crippen molar-refractivity contribution in [3.05, 3.63) is 29.3 Å². The molecule has 0 saturated carbocycles. The predicted molar refractivity (Wildman–Crippen MR) is 65.5 cm³/mol. The van der Waals surface area contributed by atoms with Crippen molar-refractivity contribution in [1.29, 1.82) is 0 Å². The number of aromatic carboxylic acids is 1. The van der Waals surface area contributed by atoms with Gasteiger partial charge in [-0.05, 0) is 12.1 Å². The maximum absolute atomic E-state index is 10.7. The molecule has 0 aliphatic carbocycles. The van der Waals surface area contributed by atoms with Crippen LogP contribution in [0.2, 0.25) is 0 Å². The zero-order valence-corrected chi connectivity index (χ0v) is 9.82. The number of hydrogen-bond donors (Lipinski definition) is 2. The van der Waals surface area contributed by atoms with Crippen molar-refractivity contribution in [2.45, 2.75) is 0 Å². The molecular weight excluding hydrogens is 240 g/mol. The maximum Gasteiger partial charge on any atom is 0.355 e. The van der Waals surface area contributed by atoms with Crippen molar-refractivity contribution in [2.24, 2.45) is 0 Å². The summed E-state index contributed by atoms with van der Waals surface area (Å²) in [5.41, 5.74) is 7.05. The molecule has 17 heavy (non-hydrogen) atoms. The number of carboxylic acids is 1. The minimum Gasteiger partial charge on any atom is -0.497 e. The molecule has 0 aliphatic rings. The second-order valence-corrected chi connectivity index (χ2v) is 4.20. The van der Waals surface area contributed by atoms with Crippen LogP contribution in [-0.2, 0) is 0 Å².